The third-order valence-electron chi connectivity index (χ3n) is 7.24. The van der Waals surface area contributed by atoms with Gasteiger partial charge in [-0.05, 0) is 73.8 Å². The Morgan fingerprint density at radius 3 is 2.26 bits per heavy atom. The predicted octanol–water partition coefficient (Wildman–Crippen LogP) is 7.74. The highest BCUT2D eigenvalue weighted by Crippen LogP contribution is 2.38. The van der Waals surface area contributed by atoms with Crippen molar-refractivity contribution in [3.8, 4) is 17.1 Å². The second-order valence-corrected chi connectivity index (χ2v) is 12.5. The maximum absolute atomic E-state index is 12.6. The van der Waals surface area contributed by atoms with Crippen molar-refractivity contribution in [3.05, 3.63) is 42.2 Å². The zero-order valence-electron chi connectivity index (χ0n) is 20.6. The molecular formula is C28H38N2O2S2. The van der Waals surface area contributed by atoms with Crippen LogP contribution < -0.4 is 4.74 Å². The largest absolute Gasteiger partial charge is 0.426 e. The summed E-state index contributed by atoms with van der Waals surface area (Å²) in [6.07, 6.45) is 15.5. The van der Waals surface area contributed by atoms with E-state index in [1.165, 1.54) is 63.4 Å². The molecular weight excluding hydrogens is 460 g/mol. The van der Waals surface area contributed by atoms with Crippen molar-refractivity contribution in [2.75, 3.05) is 11.5 Å². The van der Waals surface area contributed by atoms with Crippen LogP contribution in [0.3, 0.4) is 0 Å². The highest BCUT2D eigenvalue weighted by Gasteiger charge is 2.28. The van der Waals surface area contributed by atoms with Gasteiger partial charge in [0.25, 0.3) is 0 Å². The van der Waals surface area contributed by atoms with Gasteiger partial charge in [-0.1, -0.05) is 39.5 Å². The third-order valence-corrected chi connectivity index (χ3v) is 10.5. The van der Waals surface area contributed by atoms with Gasteiger partial charge >= 0.3 is 5.97 Å². The molecule has 1 aromatic carbocycles. The Labute approximate surface area is 213 Å². The van der Waals surface area contributed by atoms with E-state index in [0.29, 0.717) is 16.2 Å². The first-order valence-corrected chi connectivity index (χ1v) is 15.1. The standard InChI is InChI=1S/C28H38N2O2S2/c1-3-5-6-7-26-33-18-24(19-34-26)28(31)32-25-14-12-22(13-15-25)27-29-16-23(17-30-27)21-10-8-20(4-2)9-11-21/h12-17,20-21,24,26H,3-11,18-19H2,1-2H3/t20-,21-,24?,26?. The van der Waals surface area contributed by atoms with Crippen LogP contribution in [0.4, 0.5) is 0 Å². The first-order chi connectivity index (χ1) is 16.7. The van der Waals surface area contributed by atoms with E-state index in [4.69, 9.17) is 4.74 Å². The number of aromatic nitrogens is 2. The first-order valence-electron chi connectivity index (χ1n) is 13.0. The molecule has 0 bridgehead atoms. The number of esters is 1. The maximum Gasteiger partial charge on any atom is 0.316 e. The molecule has 1 aliphatic carbocycles. The highest BCUT2D eigenvalue weighted by atomic mass is 32.2. The van der Waals surface area contributed by atoms with Crippen LogP contribution in [0.25, 0.3) is 11.4 Å². The number of rotatable bonds is 9. The fourth-order valence-corrected chi connectivity index (χ4v) is 7.95. The summed E-state index contributed by atoms with van der Waals surface area (Å²) >= 11 is 3.84. The molecule has 4 rings (SSSR count). The van der Waals surface area contributed by atoms with Gasteiger partial charge in [-0.15, -0.1) is 23.5 Å². The smallest absolute Gasteiger partial charge is 0.316 e. The summed E-state index contributed by atoms with van der Waals surface area (Å²) in [5.74, 6) is 4.39. The topological polar surface area (TPSA) is 52.1 Å². The van der Waals surface area contributed by atoms with Crippen LogP contribution in [-0.2, 0) is 4.79 Å². The second kappa shape index (κ2) is 13.0. The van der Waals surface area contributed by atoms with Gasteiger partial charge < -0.3 is 4.74 Å². The SMILES string of the molecule is CCCCCC1SCC(C(=O)Oc2ccc(-c3ncc([C@H]4CC[C@H](CC)CC4)cn3)cc2)CS1. The minimum absolute atomic E-state index is 0.0274. The number of benzene rings is 1. The number of thioether (sulfide) groups is 2. The van der Waals surface area contributed by atoms with E-state index in [-0.39, 0.29) is 11.9 Å². The van der Waals surface area contributed by atoms with Gasteiger partial charge in [0.2, 0.25) is 0 Å². The molecule has 1 saturated heterocycles. The number of nitrogens with zero attached hydrogens (tertiary/aromatic N) is 2. The summed E-state index contributed by atoms with van der Waals surface area (Å²) in [4.78, 5) is 21.9. The Morgan fingerprint density at radius 1 is 0.971 bits per heavy atom. The van der Waals surface area contributed by atoms with Crippen LogP contribution in [0.2, 0.25) is 0 Å². The van der Waals surface area contributed by atoms with Gasteiger partial charge in [-0.2, -0.15) is 0 Å². The molecule has 2 fully saturated rings. The summed E-state index contributed by atoms with van der Waals surface area (Å²) in [6, 6.07) is 7.59. The molecule has 0 amide bonds. The van der Waals surface area contributed by atoms with Crippen LogP contribution in [-0.4, -0.2) is 32.0 Å². The van der Waals surface area contributed by atoms with E-state index in [9.17, 15) is 4.79 Å². The van der Waals surface area contributed by atoms with E-state index in [1.54, 1.807) is 0 Å². The lowest BCUT2D eigenvalue weighted by atomic mass is 9.78. The van der Waals surface area contributed by atoms with Gasteiger partial charge in [-0.3, -0.25) is 4.79 Å². The Hall–Kier alpha value is -1.53. The van der Waals surface area contributed by atoms with Crippen molar-refractivity contribution < 1.29 is 9.53 Å². The molecule has 1 saturated carbocycles. The zero-order valence-corrected chi connectivity index (χ0v) is 22.2. The third kappa shape index (κ3) is 7.00. The van der Waals surface area contributed by atoms with Crippen LogP contribution >= 0.6 is 23.5 Å². The molecule has 0 N–H and O–H groups in total. The van der Waals surface area contributed by atoms with Crippen molar-refractivity contribution in [2.45, 2.75) is 82.1 Å². The van der Waals surface area contributed by atoms with Crippen LogP contribution in [0.15, 0.2) is 36.7 Å². The summed E-state index contributed by atoms with van der Waals surface area (Å²) < 4.78 is 6.32. The lowest BCUT2D eigenvalue weighted by molar-refractivity contribution is -0.137. The Kier molecular flexibility index (Phi) is 9.75. The van der Waals surface area contributed by atoms with Gasteiger partial charge in [-0.25, -0.2) is 9.97 Å². The average Bonchev–Trinajstić information content (AvgIpc) is 2.90. The molecule has 184 valence electrons. The molecule has 6 heteroatoms. The second-order valence-electron chi connectivity index (χ2n) is 9.70. The van der Waals surface area contributed by atoms with Gasteiger partial charge in [0.05, 0.1) is 10.5 Å². The molecule has 0 spiro atoms. The number of unbranched alkanes of at least 4 members (excludes halogenated alkanes) is 2. The molecule has 0 unspecified atom stereocenters. The lowest BCUT2D eigenvalue weighted by Crippen LogP contribution is -2.29. The van der Waals surface area contributed by atoms with Crippen LogP contribution in [0, 0.1) is 11.8 Å². The minimum Gasteiger partial charge on any atom is -0.426 e. The van der Waals surface area contributed by atoms with Gasteiger partial charge in [0, 0.05) is 29.5 Å². The summed E-state index contributed by atoms with van der Waals surface area (Å²) in [5, 5.41) is 0. The van der Waals surface area contributed by atoms with E-state index in [0.717, 1.165) is 28.8 Å². The van der Waals surface area contributed by atoms with Crippen molar-refractivity contribution in [1.82, 2.24) is 9.97 Å². The molecule has 2 aromatic rings. The van der Waals surface area contributed by atoms with E-state index >= 15 is 0 Å². The van der Waals surface area contributed by atoms with Crippen molar-refractivity contribution in [3.63, 3.8) is 0 Å². The number of carbonyl (C=O) groups is 1. The summed E-state index contributed by atoms with van der Waals surface area (Å²) in [5.41, 5.74) is 2.21. The Bertz CT molecular complexity index is 888. The quantitative estimate of drug-likeness (QED) is 0.200. The number of ether oxygens (including phenoxy) is 1. The molecule has 1 aromatic heterocycles. The van der Waals surface area contributed by atoms with Gasteiger partial charge in [0.1, 0.15) is 5.75 Å². The molecule has 34 heavy (non-hydrogen) atoms. The van der Waals surface area contributed by atoms with Crippen molar-refractivity contribution in [2.24, 2.45) is 11.8 Å². The predicted molar refractivity (Wildman–Crippen MR) is 144 cm³/mol. The van der Waals surface area contributed by atoms with Crippen LogP contribution in [0.5, 0.6) is 5.75 Å². The molecule has 2 heterocycles. The normalized spacial score (nSPS) is 25.1. The molecule has 0 atom stereocenters. The summed E-state index contributed by atoms with van der Waals surface area (Å²) in [6.45, 7) is 4.54. The molecule has 2 aliphatic rings. The number of carbonyl (C=O) groups excluding carboxylic acids is 1. The fraction of sp³-hybridized carbons (Fsp3) is 0.607. The fourth-order valence-electron chi connectivity index (χ4n) is 4.88. The molecule has 4 nitrogen and oxygen atoms in total. The van der Waals surface area contributed by atoms with Gasteiger partial charge in [0.15, 0.2) is 5.82 Å². The van der Waals surface area contributed by atoms with Crippen LogP contribution in [0.1, 0.15) is 83.1 Å². The lowest BCUT2D eigenvalue weighted by Gasteiger charge is -2.27. The minimum atomic E-state index is -0.113. The van der Waals surface area contributed by atoms with E-state index in [2.05, 4.69) is 23.8 Å². The van der Waals surface area contributed by atoms with Crippen molar-refractivity contribution in [1.29, 1.82) is 0 Å². The Balaban J connectivity index is 1.26. The average molecular weight is 499 g/mol. The van der Waals surface area contributed by atoms with Crippen molar-refractivity contribution >= 4 is 29.5 Å². The van der Waals surface area contributed by atoms with E-state index in [1.807, 2.05) is 60.2 Å². The number of hydrogen-bond donors (Lipinski definition) is 0. The highest BCUT2D eigenvalue weighted by molar-refractivity contribution is 8.17. The number of hydrogen-bond acceptors (Lipinski definition) is 6. The van der Waals surface area contributed by atoms with E-state index < -0.39 is 0 Å². The first kappa shape index (κ1) is 25.6. The Morgan fingerprint density at radius 2 is 1.65 bits per heavy atom. The summed E-state index contributed by atoms with van der Waals surface area (Å²) in [7, 11) is 0. The monoisotopic (exact) mass is 498 g/mol. The molecule has 1 aliphatic heterocycles. The molecule has 0 radical (unpaired) electrons. The zero-order chi connectivity index (χ0) is 23.8. The maximum atomic E-state index is 12.6.